The highest BCUT2D eigenvalue weighted by molar-refractivity contribution is 7.84. The van der Waals surface area contributed by atoms with Gasteiger partial charge in [-0.2, -0.15) is 5.10 Å². The number of fused-ring (bicyclic) bond motifs is 1. The monoisotopic (exact) mass is 450 g/mol. The summed E-state index contributed by atoms with van der Waals surface area (Å²) >= 11 is 0. The van der Waals surface area contributed by atoms with E-state index in [9.17, 15) is 8.60 Å². The van der Waals surface area contributed by atoms with Crippen LogP contribution in [0.5, 0.6) is 0 Å². The highest BCUT2D eigenvalue weighted by atomic mass is 32.2. The number of ether oxygens (including phenoxy) is 1. The molecule has 164 valence electrons. The summed E-state index contributed by atoms with van der Waals surface area (Å²) < 4.78 is 33.8. The molecule has 8 heteroatoms. The van der Waals surface area contributed by atoms with Crippen LogP contribution in [0.2, 0.25) is 0 Å². The molecule has 0 saturated carbocycles. The van der Waals surface area contributed by atoms with E-state index in [1.807, 2.05) is 37.3 Å². The SMILES string of the molecule is Cc1ccc(F)c(-c2ccc(-n3nc(S(C)=O)c4ccc(N5CCOCC5)cc43)nc2)c1. The topological polar surface area (TPSA) is 60.2 Å². The highest BCUT2D eigenvalue weighted by Crippen LogP contribution is 2.29. The lowest BCUT2D eigenvalue weighted by Gasteiger charge is -2.28. The molecule has 0 aliphatic carbocycles. The molecule has 1 atom stereocenters. The van der Waals surface area contributed by atoms with Crippen LogP contribution in [0.3, 0.4) is 0 Å². The van der Waals surface area contributed by atoms with Gasteiger partial charge < -0.3 is 9.64 Å². The zero-order chi connectivity index (χ0) is 22.2. The summed E-state index contributed by atoms with van der Waals surface area (Å²) in [6.45, 7) is 4.96. The number of morpholine rings is 1. The Bertz CT molecular complexity index is 1310. The molecular formula is C24H23FN4O2S. The minimum atomic E-state index is -1.25. The molecule has 32 heavy (non-hydrogen) atoms. The summed E-state index contributed by atoms with van der Waals surface area (Å²) in [6.07, 6.45) is 3.27. The van der Waals surface area contributed by atoms with Crippen molar-refractivity contribution in [2.75, 3.05) is 37.5 Å². The number of pyridine rings is 1. The Labute approximate surface area is 188 Å². The van der Waals surface area contributed by atoms with Crippen LogP contribution in [0.15, 0.2) is 59.8 Å². The third-order valence-electron chi connectivity index (χ3n) is 5.68. The smallest absolute Gasteiger partial charge is 0.157 e. The van der Waals surface area contributed by atoms with Gasteiger partial charge in [0.25, 0.3) is 0 Å². The Morgan fingerprint density at radius 2 is 1.88 bits per heavy atom. The van der Waals surface area contributed by atoms with Crippen molar-refractivity contribution in [3.05, 3.63) is 66.1 Å². The molecule has 1 unspecified atom stereocenters. The molecule has 0 bridgehead atoms. The van der Waals surface area contributed by atoms with Gasteiger partial charge in [-0.25, -0.2) is 14.1 Å². The van der Waals surface area contributed by atoms with Gasteiger partial charge in [0.2, 0.25) is 0 Å². The molecule has 0 radical (unpaired) electrons. The molecule has 4 aromatic rings. The van der Waals surface area contributed by atoms with E-state index in [0.717, 1.165) is 35.2 Å². The van der Waals surface area contributed by atoms with Gasteiger partial charge in [-0.1, -0.05) is 11.6 Å². The number of rotatable bonds is 4. The second kappa shape index (κ2) is 8.44. The molecule has 1 saturated heterocycles. The second-order valence-electron chi connectivity index (χ2n) is 7.86. The van der Waals surface area contributed by atoms with Crippen LogP contribution in [0.25, 0.3) is 27.8 Å². The highest BCUT2D eigenvalue weighted by Gasteiger charge is 2.19. The number of aryl methyl sites for hydroxylation is 1. The molecule has 1 aliphatic heterocycles. The second-order valence-corrected chi connectivity index (χ2v) is 9.16. The summed E-state index contributed by atoms with van der Waals surface area (Å²) in [4.78, 5) is 6.83. The molecule has 6 nitrogen and oxygen atoms in total. The standard InChI is InChI=1S/C24H23FN4O2S/c1-16-3-7-21(25)20(13-16)17-4-8-23(26-15-17)29-22-14-18(28-9-11-31-12-10-28)5-6-19(22)24(27-29)32(2)30/h3-8,13-15H,9-12H2,1-2H3. The van der Waals surface area contributed by atoms with E-state index in [0.29, 0.717) is 35.2 Å². The van der Waals surface area contributed by atoms with E-state index >= 15 is 0 Å². The average Bonchev–Trinajstić information content (AvgIpc) is 3.20. The number of hydrogen-bond donors (Lipinski definition) is 0. The fraction of sp³-hybridized carbons (Fsp3) is 0.250. The molecule has 0 amide bonds. The lowest BCUT2D eigenvalue weighted by molar-refractivity contribution is 0.122. The Kier molecular flexibility index (Phi) is 5.48. The van der Waals surface area contributed by atoms with Gasteiger partial charge in [-0.3, -0.25) is 4.21 Å². The summed E-state index contributed by atoms with van der Waals surface area (Å²) in [7, 11) is -1.25. The first-order valence-electron chi connectivity index (χ1n) is 10.4. The van der Waals surface area contributed by atoms with Crippen LogP contribution in [-0.2, 0) is 15.5 Å². The lowest BCUT2D eigenvalue weighted by atomic mass is 10.0. The summed E-state index contributed by atoms with van der Waals surface area (Å²) in [5.74, 6) is 0.302. The predicted octanol–water partition coefficient (Wildman–Crippen LogP) is 4.11. The van der Waals surface area contributed by atoms with Crippen molar-refractivity contribution in [2.45, 2.75) is 11.9 Å². The molecular weight excluding hydrogens is 427 g/mol. The fourth-order valence-corrected chi connectivity index (χ4v) is 4.69. The van der Waals surface area contributed by atoms with Gasteiger partial charge in [0, 0.05) is 47.7 Å². The van der Waals surface area contributed by atoms with Crippen LogP contribution in [0.1, 0.15) is 5.56 Å². The van der Waals surface area contributed by atoms with Crippen molar-refractivity contribution in [3.63, 3.8) is 0 Å². The fourth-order valence-electron chi connectivity index (χ4n) is 4.01. The quantitative estimate of drug-likeness (QED) is 0.468. The van der Waals surface area contributed by atoms with Gasteiger partial charge in [-0.15, -0.1) is 0 Å². The van der Waals surface area contributed by atoms with Crippen LogP contribution in [0, 0.1) is 12.7 Å². The van der Waals surface area contributed by atoms with Crippen molar-refractivity contribution in [3.8, 4) is 16.9 Å². The van der Waals surface area contributed by atoms with Gasteiger partial charge in [0.15, 0.2) is 10.8 Å². The maximum absolute atomic E-state index is 14.3. The predicted molar refractivity (Wildman–Crippen MR) is 124 cm³/mol. The zero-order valence-electron chi connectivity index (χ0n) is 17.9. The largest absolute Gasteiger partial charge is 0.378 e. The van der Waals surface area contributed by atoms with Gasteiger partial charge in [0.1, 0.15) is 5.82 Å². The van der Waals surface area contributed by atoms with Crippen LogP contribution in [0.4, 0.5) is 10.1 Å². The molecule has 3 heterocycles. The molecule has 1 aliphatic rings. The van der Waals surface area contributed by atoms with E-state index in [4.69, 9.17) is 4.74 Å². The van der Waals surface area contributed by atoms with Crippen LogP contribution >= 0.6 is 0 Å². The first-order valence-corrected chi connectivity index (χ1v) is 12.0. The van der Waals surface area contributed by atoms with Gasteiger partial charge in [-0.05, 0) is 49.4 Å². The molecule has 0 spiro atoms. The maximum atomic E-state index is 14.3. The van der Waals surface area contributed by atoms with E-state index in [1.165, 1.54) is 6.07 Å². The number of nitrogens with zero attached hydrogens (tertiary/aromatic N) is 4. The minimum Gasteiger partial charge on any atom is -0.378 e. The number of aromatic nitrogens is 3. The van der Waals surface area contributed by atoms with Gasteiger partial charge in [0.05, 0.1) is 29.5 Å². The average molecular weight is 451 g/mol. The summed E-state index contributed by atoms with van der Waals surface area (Å²) in [6, 6.07) is 14.7. The Morgan fingerprint density at radius 1 is 1.06 bits per heavy atom. The van der Waals surface area contributed by atoms with E-state index in [-0.39, 0.29) is 5.82 Å². The third-order valence-corrected chi connectivity index (χ3v) is 6.52. The Hall–Kier alpha value is -3.10. The Morgan fingerprint density at radius 3 is 2.59 bits per heavy atom. The van der Waals surface area contributed by atoms with E-state index in [1.54, 1.807) is 23.2 Å². The van der Waals surface area contributed by atoms with Crippen molar-refractivity contribution in [1.82, 2.24) is 14.8 Å². The van der Waals surface area contributed by atoms with Crippen molar-refractivity contribution >= 4 is 27.4 Å². The van der Waals surface area contributed by atoms with Crippen molar-refractivity contribution < 1.29 is 13.3 Å². The summed E-state index contributed by atoms with van der Waals surface area (Å²) in [5.41, 5.74) is 4.09. The van der Waals surface area contributed by atoms with Crippen molar-refractivity contribution in [1.29, 1.82) is 0 Å². The van der Waals surface area contributed by atoms with Crippen LogP contribution in [-0.4, -0.2) is 51.5 Å². The van der Waals surface area contributed by atoms with E-state index < -0.39 is 10.8 Å². The van der Waals surface area contributed by atoms with Crippen LogP contribution < -0.4 is 4.90 Å². The van der Waals surface area contributed by atoms with Crippen molar-refractivity contribution in [2.24, 2.45) is 0 Å². The number of hydrogen-bond acceptors (Lipinski definition) is 5. The molecule has 2 aromatic carbocycles. The first-order chi connectivity index (χ1) is 15.5. The van der Waals surface area contributed by atoms with E-state index in [2.05, 4.69) is 21.0 Å². The number of benzene rings is 2. The normalized spacial score (nSPS) is 15.3. The first kappa shape index (κ1) is 20.8. The maximum Gasteiger partial charge on any atom is 0.157 e. The third kappa shape index (κ3) is 3.80. The number of anilines is 1. The zero-order valence-corrected chi connectivity index (χ0v) is 18.7. The lowest BCUT2D eigenvalue weighted by Crippen LogP contribution is -2.36. The number of halogens is 1. The van der Waals surface area contributed by atoms with Gasteiger partial charge >= 0.3 is 0 Å². The molecule has 2 aromatic heterocycles. The summed E-state index contributed by atoms with van der Waals surface area (Å²) in [5, 5.41) is 5.97. The molecule has 1 fully saturated rings. The minimum absolute atomic E-state index is 0.284. The molecule has 0 N–H and O–H groups in total. The molecule has 5 rings (SSSR count). The Balaban J connectivity index is 1.59.